The molecular formula is C13H17NO2. The summed E-state index contributed by atoms with van der Waals surface area (Å²) in [5.41, 5.74) is 2.36. The third kappa shape index (κ3) is 2.25. The maximum Gasteiger partial charge on any atom is 0.229 e. The van der Waals surface area contributed by atoms with E-state index in [0.717, 1.165) is 25.1 Å². The van der Waals surface area contributed by atoms with Crippen LogP contribution in [0.25, 0.3) is 0 Å². The van der Waals surface area contributed by atoms with Gasteiger partial charge in [0.25, 0.3) is 0 Å². The summed E-state index contributed by atoms with van der Waals surface area (Å²) in [4.78, 5) is 13.9. The first-order valence-electron chi connectivity index (χ1n) is 5.70. The number of rotatable bonds is 3. The highest BCUT2D eigenvalue weighted by Crippen LogP contribution is 2.26. The topological polar surface area (TPSA) is 29.5 Å². The number of para-hydroxylation sites is 1. The van der Waals surface area contributed by atoms with Gasteiger partial charge in [0.05, 0.1) is 13.0 Å². The van der Waals surface area contributed by atoms with E-state index in [1.807, 2.05) is 23.1 Å². The summed E-state index contributed by atoms with van der Waals surface area (Å²) in [7, 11) is 1.62. The maximum atomic E-state index is 12.0. The molecule has 0 fully saturated rings. The van der Waals surface area contributed by atoms with Crippen LogP contribution in [0.15, 0.2) is 24.3 Å². The second-order valence-electron chi connectivity index (χ2n) is 4.02. The molecule has 16 heavy (non-hydrogen) atoms. The fourth-order valence-electron chi connectivity index (χ4n) is 2.12. The normalized spacial score (nSPS) is 14.7. The Morgan fingerprint density at radius 3 is 3.06 bits per heavy atom. The highest BCUT2D eigenvalue weighted by atomic mass is 16.5. The standard InChI is InChI=1S/C13H17NO2/c1-16-10-8-13(15)14-9-4-6-11-5-2-3-7-12(11)14/h2-3,5,7H,4,6,8-10H2,1H3. The van der Waals surface area contributed by atoms with Crippen LogP contribution in [-0.2, 0) is 16.0 Å². The van der Waals surface area contributed by atoms with Crippen LogP contribution in [-0.4, -0.2) is 26.2 Å². The Bertz CT molecular complexity index is 376. The molecule has 0 spiro atoms. The lowest BCUT2D eigenvalue weighted by molar-refractivity contribution is -0.119. The average molecular weight is 219 g/mol. The van der Waals surface area contributed by atoms with Crippen LogP contribution in [0.4, 0.5) is 5.69 Å². The Hall–Kier alpha value is -1.35. The van der Waals surface area contributed by atoms with Crippen molar-refractivity contribution in [3.05, 3.63) is 29.8 Å². The van der Waals surface area contributed by atoms with Crippen LogP contribution in [0.2, 0.25) is 0 Å². The summed E-state index contributed by atoms with van der Waals surface area (Å²) in [5.74, 6) is 0.161. The van der Waals surface area contributed by atoms with Gasteiger partial charge in [-0.2, -0.15) is 0 Å². The van der Waals surface area contributed by atoms with Crippen LogP contribution in [0.3, 0.4) is 0 Å². The Kier molecular flexibility index (Phi) is 3.57. The number of anilines is 1. The van der Waals surface area contributed by atoms with Crippen molar-refractivity contribution in [2.45, 2.75) is 19.3 Å². The SMILES string of the molecule is COCCC(=O)N1CCCc2ccccc21. The molecule has 1 heterocycles. The number of nitrogens with zero attached hydrogens (tertiary/aromatic N) is 1. The maximum absolute atomic E-state index is 12.0. The zero-order valence-electron chi connectivity index (χ0n) is 9.61. The lowest BCUT2D eigenvalue weighted by Crippen LogP contribution is -2.35. The quantitative estimate of drug-likeness (QED) is 0.778. The van der Waals surface area contributed by atoms with E-state index in [4.69, 9.17) is 4.74 Å². The van der Waals surface area contributed by atoms with Crippen LogP contribution in [0.5, 0.6) is 0 Å². The van der Waals surface area contributed by atoms with E-state index < -0.39 is 0 Å². The molecule has 86 valence electrons. The van der Waals surface area contributed by atoms with Crippen molar-refractivity contribution >= 4 is 11.6 Å². The number of methoxy groups -OCH3 is 1. The van der Waals surface area contributed by atoms with Gasteiger partial charge < -0.3 is 9.64 Å². The first-order valence-corrected chi connectivity index (χ1v) is 5.70. The molecule has 0 aliphatic carbocycles. The van der Waals surface area contributed by atoms with Gasteiger partial charge in [0, 0.05) is 19.3 Å². The van der Waals surface area contributed by atoms with Crippen molar-refractivity contribution in [1.82, 2.24) is 0 Å². The van der Waals surface area contributed by atoms with Gasteiger partial charge in [0.2, 0.25) is 5.91 Å². The molecule has 1 aromatic carbocycles. The highest BCUT2D eigenvalue weighted by Gasteiger charge is 2.21. The van der Waals surface area contributed by atoms with Crippen LogP contribution < -0.4 is 4.90 Å². The van der Waals surface area contributed by atoms with Gasteiger partial charge in [-0.15, -0.1) is 0 Å². The van der Waals surface area contributed by atoms with E-state index in [9.17, 15) is 4.79 Å². The van der Waals surface area contributed by atoms with Crippen LogP contribution >= 0.6 is 0 Å². The summed E-state index contributed by atoms with van der Waals surface area (Å²) in [6.07, 6.45) is 2.59. The molecule has 0 atom stereocenters. The minimum Gasteiger partial charge on any atom is -0.384 e. The minimum absolute atomic E-state index is 0.161. The number of fused-ring (bicyclic) bond motifs is 1. The van der Waals surface area contributed by atoms with E-state index >= 15 is 0 Å². The summed E-state index contributed by atoms with van der Waals surface area (Å²) in [5, 5.41) is 0. The number of ether oxygens (including phenoxy) is 1. The predicted molar refractivity (Wildman–Crippen MR) is 63.6 cm³/mol. The smallest absolute Gasteiger partial charge is 0.229 e. The lowest BCUT2D eigenvalue weighted by Gasteiger charge is -2.29. The molecule has 0 aromatic heterocycles. The van der Waals surface area contributed by atoms with Gasteiger partial charge in [-0.05, 0) is 24.5 Å². The van der Waals surface area contributed by atoms with Gasteiger partial charge in [-0.3, -0.25) is 4.79 Å². The molecule has 3 heteroatoms. The Labute approximate surface area is 96.0 Å². The third-order valence-electron chi connectivity index (χ3n) is 2.93. The third-order valence-corrected chi connectivity index (χ3v) is 2.93. The first kappa shape index (κ1) is 11.1. The fraction of sp³-hybridized carbons (Fsp3) is 0.462. The molecule has 2 rings (SSSR count). The highest BCUT2D eigenvalue weighted by molar-refractivity contribution is 5.94. The van der Waals surface area contributed by atoms with Crippen molar-refractivity contribution < 1.29 is 9.53 Å². The number of aryl methyl sites for hydroxylation is 1. The van der Waals surface area contributed by atoms with Gasteiger partial charge in [0.15, 0.2) is 0 Å². The molecule has 1 aromatic rings. The Balaban J connectivity index is 2.15. The summed E-state index contributed by atoms with van der Waals surface area (Å²) in [6, 6.07) is 8.15. The van der Waals surface area contributed by atoms with E-state index in [-0.39, 0.29) is 5.91 Å². The second kappa shape index (κ2) is 5.12. The molecule has 0 saturated carbocycles. The molecule has 1 aliphatic rings. The van der Waals surface area contributed by atoms with Crippen molar-refractivity contribution in [2.75, 3.05) is 25.2 Å². The zero-order valence-corrected chi connectivity index (χ0v) is 9.61. The first-order chi connectivity index (χ1) is 7.83. The molecule has 0 N–H and O–H groups in total. The number of hydrogen-bond donors (Lipinski definition) is 0. The van der Waals surface area contributed by atoms with E-state index in [0.29, 0.717) is 13.0 Å². The molecular weight excluding hydrogens is 202 g/mol. The van der Waals surface area contributed by atoms with Crippen molar-refractivity contribution in [1.29, 1.82) is 0 Å². The predicted octanol–water partition coefficient (Wildman–Crippen LogP) is 2.00. The lowest BCUT2D eigenvalue weighted by atomic mass is 10.0. The summed E-state index contributed by atoms with van der Waals surface area (Å²) < 4.78 is 4.94. The Morgan fingerprint density at radius 1 is 1.44 bits per heavy atom. The number of carbonyl (C=O) groups excluding carboxylic acids is 1. The van der Waals surface area contributed by atoms with Crippen LogP contribution in [0, 0.1) is 0 Å². The second-order valence-corrected chi connectivity index (χ2v) is 4.02. The van der Waals surface area contributed by atoms with Gasteiger partial charge in [-0.1, -0.05) is 18.2 Å². The molecule has 3 nitrogen and oxygen atoms in total. The number of benzene rings is 1. The van der Waals surface area contributed by atoms with Crippen molar-refractivity contribution in [3.63, 3.8) is 0 Å². The van der Waals surface area contributed by atoms with Crippen molar-refractivity contribution in [2.24, 2.45) is 0 Å². The molecule has 0 unspecified atom stereocenters. The molecule has 0 bridgehead atoms. The fourth-order valence-corrected chi connectivity index (χ4v) is 2.12. The molecule has 0 saturated heterocycles. The van der Waals surface area contributed by atoms with E-state index in [2.05, 4.69) is 6.07 Å². The number of hydrogen-bond acceptors (Lipinski definition) is 2. The van der Waals surface area contributed by atoms with Gasteiger partial charge >= 0.3 is 0 Å². The van der Waals surface area contributed by atoms with E-state index in [1.54, 1.807) is 7.11 Å². The van der Waals surface area contributed by atoms with E-state index in [1.165, 1.54) is 5.56 Å². The molecule has 1 amide bonds. The van der Waals surface area contributed by atoms with Crippen LogP contribution in [0.1, 0.15) is 18.4 Å². The zero-order chi connectivity index (χ0) is 11.4. The number of carbonyl (C=O) groups is 1. The number of amides is 1. The largest absolute Gasteiger partial charge is 0.384 e. The summed E-state index contributed by atoms with van der Waals surface area (Å²) >= 11 is 0. The summed E-state index contributed by atoms with van der Waals surface area (Å²) in [6.45, 7) is 1.33. The monoisotopic (exact) mass is 219 g/mol. The minimum atomic E-state index is 0.161. The average Bonchev–Trinajstić information content (AvgIpc) is 2.35. The van der Waals surface area contributed by atoms with Gasteiger partial charge in [0.1, 0.15) is 0 Å². The van der Waals surface area contributed by atoms with Gasteiger partial charge in [-0.25, -0.2) is 0 Å². The van der Waals surface area contributed by atoms with Crippen molar-refractivity contribution in [3.8, 4) is 0 Å². The molecule has 1 aliphatic heterocycles. The molecule has 0 radical (unpaired) electrons. The Morgan fingerprint density at radius 2 is 2.25 bits per heavy atom.